The molecule has 1 aromatic carbocycles. The van der Waals surface area contributed by atoms with E-state index in [0.717, 1.165) is 23.8 Å². The third kappa shape index (κ3) is 5.58. The highest BCUT2D eigenvalue weighted by Crippen LogP contribution is 2.23. The Balaban J connectivity index is 0.00000176. The first kappa shape index (κ1) is 25.2. The minimum absolute atomic E-state index is 0.116. The van der Waals surface area contributed by atoms with Gasteiger partial charge in [-0.25, -0.2) is 9.48 Å². The quantitative estimate of drug-likeness (QED) is 0.585. The van der Waals surface area contributed by atoms with Crippen molar-refractivity contribution < 1.29 is 9.53 Å². The van der Waals surface area contributed by atoms with E-state index in [9.17, 15) is 9.59 Å². The lowest BCUT2D eigenvalue weighted by Crippen LogP contribution is -2.27. The van der Waals surface area contributed by atoms with Gasteiger partial charge in [-0.15, -0.1) is 0 Å². The van der Waals surface area contributed by atoms with Gasteiger partial charge in [0.15, 0.2) is 0 Å². The predicted molar refractivity (Wildman–Crippen MR) is 130 cm³/mol. The summed E-state index contributed by atoms with van der Waals surface area (Å²) in [7, 11) is 1.94. The molecular weight excluding hydrogens is 404 g/mol. The molecule has 7 nitrogen and oxygen atoms in total. The Morgan fingerprint density at radius 3 is 2.44 bits per heavy atom. The summed E-state index contributed by atoms with van der Waals surface area (Å²) in [6, 6.07) is 7.34. The molecule has 0 spiro atoms. The Kier molecular flexibility index (Phi) is 8.25. The fourth-order valence-electron chi connectivity index (χ4n) is 3.82. The Morgan fingerprint density at radius 1 is 1.16 bits per heavy atom. The molecule has 0 bridgehead atoms. The van der Waals surface area contributed by atoms with Gasteiger partial charge in [-0.3, -0.25) is 10.1 Å². The van der Waals surface area contributed by atoms with E-state index in [1.54, 1.807) is 12.3 Å². The first-order chi connectivity index (χ1) is 15.1. The maximum atomic E-state index is 13.2. The van der Waals surface area contributed by atoms with Gasteiger partial charge in [0.25, 0.3) is 5.56 Å². The second kappa shape index (κ2) is 10.5. The molecule has 0 unspecified atom stereocenters. The third-order valence-electron chi connectivity index (χ3n) is 5.03. The Hall–Kier alpha value is -3.09. The van der Waals surface area contributed by atoms with Crippen LogP contribution >= 0.6 is 0 Å². The van der Waals surface area contributed by atoms with Gasteiger partial charge in [0, 0.05) is 23.8 Å². The number of hydrogen-bond donors (Lipinski definition) is 1. The number of nitrogens with one attached hydrogen (secondary N) is 1. The molecule has 0 aliphatic rings. The summed E-state index contributed by atoms with van der Waals surface area (Å²) in [4.78, 5) is 25.2. The maximum Gasteiger partial charge on any atom is 0.412 e. The molecule has 0 aliphatic carbocycles. The standard InChI is InChI=1S/C23H30N4O3.C2H6/c1-7-17-18-13-24-27(21(28)20(18)26(6)19(17)8-2)14-15-10-9-11-16(12-15)25-22(29)30-23(3,4)5;1-2/h9-13H,7-8,14H2,1-6H3,(H,25,29);1-2H3. The molecule has 2 aromatic heterocycles. The summed E-state index contributed by atoms with van der Waals surface area (Å²) in [5.41, 5.74) is 3.83. The zero-order chi connectivity index (χ0) is 24.1. The van der Waals surface area contributed by atoms with Gasteiger partial charge in [0.05, 0.1) is 12.7 Å². The number of nitrogens with zero attached hydrogens (tertiary/aromatic N) is 3. The molecule has 1 amide bonds. The number of benzene rings is 1. The third-order valence-corrected chi connectivity index (χ3v) is 5.03. The predicted octanol–water partition coefficient (Wildman–Crippen LogP) is 5.28. The molecule has 3 rings (SSSR count). The fourth-order valence-corrected chi connectivity index (χ4v) is 3.82. The molecular formula is C25H36N4O3. The normalized spacial score (nSPS) is 11.1. The summed E-state index contributed by atoms with van der Waals surface area (Å²) < 4.78 is 8.76. The lowest BCUT2D eigenvalue weighted by Gasteiger charge is -2.19. The molecule has 3 aromatic rings. The van der Waals surface area contributed by atoms with Crippen molar-refractivity contribution in [2.75, 3.05) is 5.32 Å². The number of amides is 1. The Bertz CT molecular complexity index is 1140. The van der Waals surface area contributed by atoms with Crippen molar-refractivity contribution in [2.24, 2.45) is 7.05 Å². The van der Waals surface area contributed by atoms with Gasteiger partial charge in [0.2, 0.25) is 0 Å². The van der Waals surface area contributed by atoms with E-state index in [2.05, 4.69) is 24.3 Å². The van der Waals surface area contributed by atoms with Crippen LogP contribution in [-0.4, -0.2) is 26.0 Å². The minimum atomic E-state index is -0.571. The number of fused-ring (bicyclic) bond motifs is 1. The van der Waals surface area contributed by atoms with E-state index >= 15 is 0 Å². The van der Waals surface area contributed by atoms with Crippen LogP contribution in [0.5, 0.6) is 0 Å². The zero-order valence-electron chi connectivity index (χ0n) is 20.6. The number of ether oxygens (including phenoxy) is 1. The monoisotopic (exact) mass is 440 g/mol. The molecule has 0 atom stereocenters. The van der Waals surface area contributed by atoms with E-state index in [1.165, 1.54) is 15.9 Å². The fraction of sp³-hybridized carbons (Fsp3) is 0.480. The van der Waals surface area contributed by atoms with Crippen LogP contribution < -0.4 is 10.9 Å². The highest BCUT2D eigenvalue weighted by molar-refractivity contribution is 5.85. The molecule has 174 valence electrons. The van der Waals surface area contributed by atoms with Gasteiger partial charge in [-0.05, 0) is 56.9 Å². The highest BCUT2D eigenvalue weighted by atomic mass is 16.6. The van der Waals surface area contributed by atoms with Gasteiger partial charge in [0.1, 0.15) is 11.1 Å². The smallest absolute Gasteiger partial charge is 0.412 e. The number of anilines is 1. The van der Waals surface area contributed by atoms with Crippen molar-refractivity contribution in [1.82, 2.24) is 14.3 Å². The Labute approximate surface area is 190 Å². The lowest BCUT2D eigenvalue weighted by molar-refractivity contribution is 0.0636. The second-order valence-electron chi connectivity index (χ2n) is 8.39. The first-order valence-corrected chi connectivity index (χ1v) is 11.3. The van der Waals surface area contributed by atoms with Crippen LogP contribution in [0.1, 0.15) is 65.3 Å². The van der Waals surface area contributed by atoms with Crippen molar-refractivity contribution in [3.8, 4) is 0 Å². The average molecular weight is 441 g/mol. The van der Waals surface area contributed by atoms with Crippen molar-refractivity contribution in [1.29, 1.82) is 0 Å². The number of hydrogen-bond acceptors (Lipinski definition) is 4. The molecule has 0 saturated carbocycles. The van der Waals surface area contributed by atoms with Crippen LogP contribution in [0.4, 0.5) is 10.5 Å². The van der Waals surface area contributed by atoms with Gasteiger partial charge in [-0.2, -0.15) is 5.10 Å². The van der Waals surface area contributed by atoms with Crippen LogP contribution in [-0.2, 0) is 31.2 Å². The van der Waals surface area contributed by atoms with Crippen molar-refractivity contribution >= 4 is 22.7 Å². The van der Waals surface area contributed by atoms with Gasteiger partial charge < -0.3 is 9.30 Å². The average Bonchev–Trinajstić information content (AvgIpc) is 3.01. The maximum absolute atomic E-state index is 13.2. The number of aromatic nitrogens is 3. The van der Waals surface area contributed by atoms with Crippen LogP contribution in [0, 0.1) is 0 Å². The van der Waals surface area contributed by atoms with E-state index in [0.29, 0.717) is 17.7 Å². The number of carbonyl (C=O) groups excluding carboxylic acids is 1. The summed E-state index contributed by atoms with van der Waals surface area (Å²) in [6.07, 6.45) is 3.01. The molecule has 0 radical (unpaired) electrons. The van der Waals surface area contributed by atoms with Crippen LogP contribution in [0.3, 0.4) is 0 Å². The van der Waals surface area contributed by atoms with Crippen molar-refractivity contribution in [2.45, 2.75) is 73.5 Å². The lowest BCUT2D eigenvalue weighted by atomic mass is 10.1. The zero-order valence-corrected chi connectivity index (χ0v) is 20.6. The highest BCUT2D eigenvalue weighted by Gasteiger charge is 2.18. The SMILES string of the molecule is CC.CCc1c(CC)n(C)c2c(=O)n(Cc3cccc(NC(=O)OC(C)(C)C)c3)ncc12. The summed E-state index contributed by atoms with van der Waals surface area (Å²) >= 11 is 0. The van der Waals surface area contributed by atoms with Gasteiger partial charge >= 0.3 is 6.09 Å². The van der Waals surface area contributed by atoms with Crippen molar-refractivity contribution in [3.63, 3.8) is 0 Å². The largest absolute Gasteiger partial charge is 0.444 e. The molecule has 7 heteroatoms. The summed E-state index contributed by atoms with van der Waals surface area (Å²) in [5.74, 6) is 0. The molecule has 0 aliphatic heterocycles. The van der Waals surface area contributed by atoms with E-state index < -0.39 is 11.7 Å². The summed E-state index contributed by atoms with van der Waals surface area (Å²) in [5, 5.41) is 8.08. The van der Waals surface area contributed by atoms with Crippen LogP contribution in [0.2, 0.25) is 0 Å². The first-order valence-electron chi connectivity index (χ1n) is 11.3. The molecule has 1 N–H and O–H groups in total. The van der Waals surface area contributed by atoms with Crippen molar-refractivity contribution in [3.05, 3.63) is 57.6 Å². The Morgan fingerprint density at radius 2 is 1.84 bits per heavy atom. The molecule has 32 heavy (non-hydrogen) atoms. The second-order valence-corrected chi connectivity index (χ2v) is 8.39. The van der Waals surface area contributed by atoms with E-state index in [-0.39, 0.29) is 5.56 Å². The van der Waals surface area contributed by atoms with Crippen LogP contribution in [0.25, 0.3) is 10.9 Å². The molecule has 0 saturated heterocycles. The molecule has 2 heterocycles. The summed E-state index contributed by atoms with van der Waals surface area (Å²) in [6.45, 7) is 14.0. The topological polar surface area (TPSA) is 78.2 Å². The van der Waals surface area contributed by atoms with E-state index in [4.69, 9.17) is 4.74 Å². The van der Waals surface area contributed by atoms with Gasteiger partial charge in [-0.1, -0.05) is 39.8 Å². The molecule has 0 fully saturated rings. The van der Waals surface area contributed by atoms with Crippen LogP contribution in [0.15, 0.2) is 35.3 Å². The number of carbonyl (C=O) groups is 1. The minimum Gasteiger partial charge on any atom is -0.444 e. The number of rotatable bonds is 5. The van der Waals surface area contributed by atoms with E-state index in [1.807, 2.05) is 64.4 Å². The number of aryl methyl sites for hydroxylation is 2.